The Balaban J connectivity index is 3.69. The Bertz CT molecular complexity index is 174. The minimum atomic E-state index is -0.543. The number of nitrogens with zero attached hydrogens (tertiary/aromatic N) is 1. The number of carbonyl (C=O) groups excluding carboxylic acids is 2. The van der Waals surface area contributed by atoms with Crippen LogP contribution in [0.3, 0.4) is 0 Å². The highest BCUT2D eigenvalue weighted by Gasteiger charge is 2.08. The van der Waals surface area contributed by atoms with E-state index in [1.807, 2.05) is 0 Å². The fourth-order valence-electron chi connectivity index (χ4n) is 0.595. The molecule has 3 amide bonds. The van der Waals surface area contributed by atoms with Crippen molar-refractivity contribution in [1.82, 2.24) is 10.2 Å². The first-order chi connectivity index (χ1) is 5.57. The lowest BCUT2D eigenvalue weighted by molar-refractivity contribution is -0.118. The topological polar surface area (TPSA) is 75.4 Å². The molecule has 0 rings (SSSR count). The average molecular weight is 193 g/mol. The highest BCUT2D eigenvalue weighted by atomic mass is 35.5. The highest BCUT2D eigenvalue weighted by molar-refractivity contribution is 6.18. The number of primary amides is 1. The van der Waals surface area contributed by atoms with Crippen LogP contribution in [0.2, 0.25) is 0 Å². The number of hydrogen-bond donors (Lipinski definition) is 2. The first kappa shape index (κ1) is 11.0. The lowest BCUT2D eigenvalue weighted by Gasteiger charge is -2.14. The Morgan fingerprint density at radius 1 is 1.58 bits per heavy atom. The van der Waals surface area contributed by atoms with Crippen molar-refractivity contribution >= 4 is 23.5 Å². The zero-order valence-corrected chi connectivity index (χ0v) is 7.60. The van der Waals surface area contributed by atoms with Crippen LogP contribution in [-0.4, -0.2) is 42.9 Å². The number of carbonyl (C=O) groups is 2. The van der Waals surface area contributed by atoms with Crippen LogP contribution in [0, 0.1) is 0 Å². The maximum atomic E-state index is 11.0. The summed E-state index contributed by atoms with van der Waals surface area (Å²) >= 11 is 5.33. The summed E-state index contributed by atoms with van der Waals surface area (Å²) in [5.74, 6) is -0.200. The summed E-state index contributed by atoms with van der Waals surface area (Å²) in [6, 6.07) is -0.352. The zero-order chi connectivity index (χ0) is 9.56. The van der Waals surface area contributed by atoms with Crippen LogP contribution in [0.4, 0.5) is 4.79 Å². The molecule has 6 heteroatoms. The van der Waals surface area contributed by atoms with Gasteiger partial charge in [0.2, 0.25) is 5.91 Å². The van der Waals surface area contributed by atoms with Gasteiger partial charge in [-0.2, -0.15) is 0 Å². The second-order valence-corrected chi connectivity index (χ2v) is 2.62. The van der Waals surface area contributed by atoms with Crippen molar-refractivity contribution in [3.8, 4) is 0 Å². The fraction of sp³-hybridized carbons (Fsp3) is 0.667. The Hall–Kier alpha value is -0.970. The lowest BCUT2D eigenvalue weighted by atomic mass is 10.2. The third-order valence-electron chi connectivity index (χ3n) is 1.11. The molecule has 3 N–H and O–H groups in total. The van der Waals surface area contributed by atoms with Crippen LogP contribution in [0.25, 0.3) is 0 Å². The number of urea groups is 1. The summed E-state index contributed by atoms with van der Waals surface area (Å²) in [7, 11) is 1.48. The fourth-order valence-corrected chi connectivity index (χ4v) is 0.689. The number of amides is 3. The van der Waals surface area contributed by atoms with Gasteiger partial charge in [0.05, 0.1) is 0 Å². The molecule has 0 radical (unpaired) electrons. The van der Waals surface area contributed by atoms with Crippen molar-refractivity contribution < 1.29 is 9.59 Å². The zero-order valence-electron chi connectivity index (χ0n) is 6.84. The second-order valence-electron chi connectivity index (χ2n) is 2.24. The largest absolute Gasteiger partial charge is 0.368 e. The molecule has 5 nitrogen and oxygen atoms in total. The molecule has 0 unspecified atom stereocenters. The minimum Gasteiger partial charge on any atom is -0.368 e. The Morgan fingerprint density at radius 2 is 2.17 bits per heavy atom. The number of nitrogens with two attached hydrogens (primary N) is 1. The van der Waals surface area contributed by atoms with Gasteiger partial charge >= 0.3 is 6.03 Å². The van der Waals surface area contributed by atoms with E-state index in [0.717, 1.165) is 0 Å². The van der Waals surface area contributed by atoms with E-state index in [1.165, 1.54) is 11.9 Å². The molecule has 0 aliphatic carbocycles. The van der Waals surface area contributed by atoms with Crippen LogP contribution in [0.15, 0.2) is 0 Å². The van der Waals surface area contributed by atoms with Crippen molar-refractivity contribution in [2.75, 3.05) is 26.0 Å². The van der Waals surface area contributed by atoms with Crippen molar-refractivity contribution in [3.63, 3.8) is 0 Å². The summed E-state index contributed by atoms with van der Waals surface area (Å²) in [6.07, 6.45) is 0. The summed E-state index contributed by atoms with van der Waals surface area (Å²) in [5, 5.41) is 2.48. The van der Waals surface area contributed by atoms with Crippen LogP contribution >= 0.6 is 11.6 Å². The van der Waals surface area contributed by atoms with E-state index in [9.17, 15) is 9.59 Å². The molecule has 0 aliphatic rings. The van der Waals surface area contributed by atoms with E-state index in [2.05, 4.69) is 5.32 Å². The predicted octanol–water partition coefficient (Wildman–Crippen LogP) is -0.648. The average Bonchev–Trinajstić information content (AvgIpc) is 1.98. The number of hydrogen-bond acceptors (Lipinski definition) is 2. The van der Waals surface area contributed by atoms with Gasteiger partial charge in [0.1, 0.15) is 6.54 Å². The monoisotopic (exact) mass is 192 g/mol. The molecule has 0 fully saturated rings. The SMILES string of the molecule is CN(CC(N)=O)[11C](=O)NCCCl. The minimum absolute atomic E-state index is 0.0892. The van der Waals surface area contributed by atoms with Gasteiger partial charge in [-0.15, -0.1) is 11.6 Å². The number of halogens is 1. The van der Waals surface area contributed by atoms with E-state index in [0.29, 0.717) is 12.4 Å². The summed E-state index contributed by atoms with van der Waals surface area (Å²) < 4.78 is 0. The first-order valence-corrected chi connectivity index (χ1v) is 3.94. The van der Waals surface area contributed by atoms with Crippen molar-refractivity contribution in [3.05, 3.63) is 0 Å². The molecule has 0 aromatic carbocycles. The van der Waals surface area contributed by atoms with Gasteiger partial charge in [0.15, 0.2) is 0 Å². The standard InChI is InChI=1S/C6H12ClN3O2/c1-10(4-5(8)11)6(12)9-3-2-7/h2-4H2,1H3,(H2,8,11)(H,9,12)/i6-1. The Kier molecular flexibility index (Phi) is 5.19. The van der Waals surface area contributed by atoms with Gasteiger partial charge in [0, 0.05) is 19.5 Å². The molecule has 0 saturated heterocycles. The second kappa shape index (κ2) is 5.65. The normalized spacial score (nSPS) is 9.17. The molecule has 12 heavy (non-hydrogen) atoms. The molecular formula is C6H12ClN3O2. The molecule has 0 aromatic heterocycles. The molecular weight excluding hydrogens is 181 g/mol. The number of rotatable bonds is 4. The van der Waals surface area contributed by atoms with Crippen molar-refractivity contribution in [2.45, 2.75) is 0 Å². The van der Waals surface area contributed by atoms with E-state index < -0.39 is 5.91 Å². The van der Waals surface area contributed by atoms with Gasteiger partial charge < -0.3 is 16.0 Å². The van der Waals surface area contributed by atoms with Crippen LogP contribution in [0.5, 0.6) is 0 Å². The van der Waals surface area contributed by atoms with Crippen molar-refractivity contribution in [1.29, 1.82) is 0 Å². The van der Waals surface area contributed by atoms with E-state index in [-0.39, 0.29) is 12.6 Å². The van der Waals surface area contributed by atoms with E-state index >= 15 is 0 Å². The lowest BCUT2D eigenvalue weighted by Crippen LogP contribution is -2.42. The third kappa shape index (κ3) is 4.79. The number of nitrogens with one attached hydrogen (secondary N) is 1. The molecule has 0 bridgehead atoms. The van der Waals surface area contributed by atoms with Crippen LogP contribution in [0.1, 0.15) is 0 Å². The molecule has 0 heterocycles. The molecule has 0 aliphatic heterocycles. The maximum Gasteiger partial charge on any atom is 0.317 e. The summed E-state index contributed by atoms with van der Waals surface area (Å²) in [5.41, 5.74) is 4.87. The summed E-state index contributed by atoms with van der Waals surface area (Å²) in [4.78, 5) is 22.5. The smallest absolute Gasteiger partial charge is 0.317 e. The number of likely N-dealkylation sites (N-methyl/N-ethyl adjacent to an activating group) is 1. The van der Waals surface area contributed by atoms with Gasteiger partial charge in [0.25, 0.3) is 0 Å². The van der Waals surface area contributed by atoms with E-state index in [1.54, 1.807) is 0 Å². The van der Waals surface area contributed by atoms with Crippen LogP contribution in [-0.2, 0) is 4.79 Å². The quantitative estimate of drug-likeness (QED) is 0.581. The summed E-state index contributed by atoms with van der Waals surface area (Å²) in [6.45, 7) is 0.289. The van der Waals surface area contributed by atoms with Crippen LogP contribution < -0.4 is 11.1 Å². The maximum absolute atomic E-state index is 11.0. The van der Waals surface area contributed by atoms with Crippen molar-refractivity contribution in [2.24, 2.45) is 5.73 Å². The Morgan fingerprint density at radius 3 is 2.58 bits per heavy atom. The molecule has 0 aromatic rings. The van der Waals surface area contributed by atoms with Gasteiger partial charge in [-0.25, -0.2) is 4.79 Å². The first-order valence-electron chi connectivity index (χ1n) is 3.41. The highest BCUT2D eigenvalue weighted by Crippen LogP contribution is 1.82. The molecule has 0 spiro atoms. The van der Waals surface area contributed by atoms with Gasteiger partial charge in [-0.05, 0) is 0 Å². The molecule has 0 saturated carbocycles. The van der Waals surface area contributed by atoms with Gasteiger partial charge in [-0.1, -0.05) is 0 Å². The van der Waals surface area contributed by atoms with Gasteiger partial charge in [-0.3, -0.25) is 4.79 Å². The Labute approximate surface area is 75.8 Å². The number of alkyl halides is 1. The molecule has 70 valence electrons. The third-order valence-corrected chi connectivity index (χ3v) is 1.30. The molecule has 0 atom stereocenters. The predicted molar refractivity (Wildman–Crippen MR) is 45.9 cm³/mol. The van der Waals surface area contributed by atoms with E-state index in [4.69, 9.17) is 17.3 Å².